The summed E-state index contributed by atoms with van der Waals surface area (Å²) in [6.45, 7) is 5.68. The van der Waals surface area contributed by atoms with E-state index in [0.29, 0.717) is 0 Å². The average molecular weight is 168 g/mol. The molecule has 0 saturated carbocycles. The predicted octanol–water partition coefficient (Wildman–Crippen LogP) is 1.89. The normalized spacial score (nSPS) is 29.3. The molecule has 0 unspecified atom stereocenters. The van der Waals surface area contributed by atoms with E-state index in [1.807, 2.05) is 0 Å². The van der Waals surface area contributed by atoms with E-state index < -0.39 is 0 Å². The molecule has 1 heterocycles. The highest BCUT2D eigenvalue weighted by Gasteiger charge is 2.25. The molecule has 0 bridgehead atoms. The van der Waals surface area contributed by atoms with E-state index in [2.05, 4.69) is 50.1 Å². The van der Waals surface area contributed by atoms with Crippen molar-refractivity contribution >= 4 is 0 Å². The van der Waals surface area contributed by atoms with Crippen molar-refractivity contribution in [2.75, 3.05) is 20.6 Å². The fourth-order valence-corrected chi connectivity index (χ4v) is 1.50. The molecular weight excluding hydrogens is 148 g/mol. The van der Waals surface area contributed by atoms with E-state index in [4.69, 9.17) is 0 Å². The molecule has 1 rings (SSSR count). The zero-order valence-corrected chi connectivity index (χ0v) is 8.67. The Hall–Kier alpha value is -0.340. The molecule has 0 aromatic rings. The lowest BCUT2D eigenvalue weighted by Crippen LogP contribution is -2.50. The van der Waals surface area contributed by atoms with Gasteiger partial charge in [-0.05, 0) is 26.7 Å². The Kier molecular flexibility index (Phi) is 2.91. The summed E-state index contributed by atoms with van der Waals surface area (Å²) in [5.74, 6) is 0. The lowest BCUT2D eigenvalue weighted by Gasteiger charge is -2.41. The van der Waals surface area contributed by atoms with Crippen LogP contribution in [0.15, 0.2) is 12.2 Å². The molecule has 1 aliphatic heterocycles. The van der Waals surface area contributed by atoms with Crippen LogP contribution in [0.4, 0.5) is 0 Å². The Morgan fingerprint density at radius 2 is 1.83 bits per heavy atom. The molecule has 12 heavy (non-hydrogen) atoms. The van der Waals surface area contributed by atoms with Gasteiger partial charge >= 0.3 is 0 Å². The summed E-state index contributed by atoms with van der Waals surface area (Å²) < 4.78 is 0. The van der Waals surface area contributed by atoms with Gasteiger partial charge in [0.1, 0.15) is 0 Å². The summed E-state index contributed by atoms with van der Waals surface area (Å²) in [5.41, 5.74) is 0.256. The van der Waals surface area contributed by atoms with Gasteiger partial charge in [-0.1, -0.05) is 12.2 Å². The maximum atomic E-state index is 2.33. The standard InChI is InChI=1S/C10H20N2/c1-10(2)8-6-5-7-9-11(3)12(10)4/h5-6H,7-9H2,1-4H3/b6-5-. The quantitative estimate of drug-likeness (QED) is 0.510. The SMILES string of the molecule is CN1CC/C=C\CC(C)(C)N1C. The molecule has 0 aliphatic carbocycles. The summed E-state index contributed by atoms with van der Waals surface area (Å²) in [4.78, 5) is 0. The van der Waals surface area contributed by atoms with Gasteiger partial charge in [-0.15, -0.1) is 0 Å². The van der Waals surface area contributed by atoms with Gasteiger partial charge in [0.15, 0.2) is 0 Å². The summed E-state index contributed by atoms with van der Waals surface area (Å²) in [5, 5.41) is 4.62. The fourth-order valence-electron chi connectivity index (χ4n) is 1.50. The van der Waals surface area contributed by atoms with Crippen LogP contribution in [0, 0.1) is 0 Å². The molecule has 0 radical (unpaired) electrons. The molecule has 2 heteroatoms. The fraction of sp³-hybridized carbons (Fsp3) is 0.800. The molecule has 2 nitrogen and oxygen atoms in total. The Morgan fingerprint density at radius 1 is 1.17 bits per heavy atom. The average Bonchev–Trinajstić information content (AvgIpc) is 2.00. The molecule has 0 N–H and O–H groups in total. The minimum atomic E-state index is 0.256. The number of hydrogen-bond acceptors (Lipinski definition) is 2. The first-order valence-electron chi connectivity index (χ1n) is 4.64. The number of hydrazine groups is 1. The van der Waals surface area contributed by atoms with Crippen molar-refractivity contribution in [3.05, 3.63) is 12.2 Å². The zero-order valence-electron chi connectivity index (χ0n) is 8.67. The minimum absolute atomic E-state index is 0.256. The second kappa shape index (κ2) is 3.58. The molecule has 0 fully saturated rings. The van der Waals surface area contributed by atoms with Crippen molar-refractivity contribution in [3.63, 3.8) is 0 Å². The van der Waals surface area contributed by atoms with E-state index >= 15 is 0 Å². The van der Waals surface area contributed by atoms with E-state index in [1.54, 1.807) is 0 Å². The van der Waals surface area contributed by atoms with E-state index in [0.717, 1.165) is 19.4 Å². The minimum Gasteiger partial charge on any atom is -0.244 e. The smallest absolute Gasteiger partial charge is 0.0331 e. The summed E-state index contributed by atoms with van der Waals surface area (Å²) in [6.07, 6.45) is 6.87. The van der Waals surface area contributed by atoms with Crippen LogP contribution in [0.25, 0.3) is 0 Å². The van der Waals surface area contributed by atoms with Crippen LogP contribution in [0.1, 0.15) is 26.7 Å². The van der Waals surface area contributed by atoms with Crippen molar-refractivity contribution in [3.8, 4) is 0 Å². The van der Waals surface area contributed by atoms with Gasteiger partial charge in [-0.2, -0.15) is 0 Å². The van der Waals surface area contributed by atoms with Gasteiger partial charge in [-0.25, -0.2) is 10.0 Å². The molecule has 70 valence electrons. The monoisotopic (exact) mass is 168 g/mol. The summed E-state index contributed by atoms with van der Waals surface area (Å²) in [7, 11) is 4.32. The van der Waals surface area contributed by atoms with E-state index in [-0.39, 0.29) is 5.54 Å². The van der Waals surface area contributed by atoms with E-state index in [1.165, 1.54) is 0 Å². The first-order chi connectivity index (χ1) is 5.54. The molecule has 0 spiro atoms. The summed E-state index contributed by atoms with van der Waals surface area (Å²) in [6, 6.07) is 0. The Morgan fingerprint density at radius 3 is 2.50 bits per heavy atom. The zero-order chi connectivity index (χ0) is 9.19. The van der Waals surface area contributed by atoms with Crippen LogP contribution in [0.2, 0.25) is 0 Å². The lowest BCUT2D eigenvalue weighted by molar-refractivity contribution is -0.0552. The van der Waals surface area contributed by atoms with Crippen LogP contribution in [0.3, 0.4) is 0 Å². The van der Waals surface area contributed by atoms with Crippen LogP contribution in [-0.2, 0) is 0 Å². The summed E-state index contributed by atoms with van der Waals surface area (Å²) >= 11 is 0. The molecule has 0 aromatic heterocycles. The molecule has 0 aromatic carbocycles. The molecular formula is C10H20N2. The number of hydrogen-bond donors (Lipinski definition) is 0. The van der Waals surface area contributed by atoms with Gasteiger partial charge in [0.2, 0.25) is 0 Å². The Balaban J connectivity index is 2.72. The van der Waals surface area contributed by atoms with Crippen molar-refractivity contribution in [2.45, 2.75) is 32.2 Å². The van der Waals surface area contributed by atoms with Crippen LogP contribution in [-0.4, -0.2) is 36.2 Å². The van der Waals surface area contributed by atoms with Crippen LogP contribution >= 0.6 is 0 Å². The van der Waals surface area contributed by atoms with Gasteiger partial charge in [0.25, 0.3) is 0 Å². The maximum absolute atomic E-state index is 2.33. The third-order valence-electron chi connectivity index (χ3n) is 2.79. The molecule has 0 atom stereocenters. The second-order valence-corrected chi connectivity index (χ2v) is 4.18. The third kappa shape index (κ3) is 2.08. The second-order valence-electron chi connectivity index (χ2n) is 4.18. The lowest BCUT2D eigenvalue weighted by atomic mass is 9.99. The number of rotatable bonds is 0. The van der Waals surface area contributed by atoms with Crippen molar-refractivity contribution in [1.29, 1.82) is 0 Å². The van der Waals surface area contributed by atoms with Crippen LogP contribution in [0.5, 0.6) is 0 Å². The first kappa shape index (κ1) is 9.75. The number of nitrogens with zero attached hydrogens (tertiary/aromatic N) is 2. The maximum Gasteiger partial charge on any atom is 0.0331 e. The molecule has 0 saturated heterocycles. The molecule has 0 amide bonds. The topological polar surface area (TPSA) is 6.48 Å². The first-order valence-corrected chi connectivity index (χ1v) is 4.64. The predicted molar refractivity (Wildman–Crippen MR) is 52.8 cm³/mol. The molecule has 1 aliphatic rings. The van der Waals surface area contributed by atoms with Crippen LogP contribution < -0.4 is 0 Å². The Labute approximate surface area is 75.8 Å². The largest absolute Gasteiger partial charge is 0.244 e. The van der Waals surface area contributed by atoms with Crippen molar-refractivity contribution in [1.82, 2.24) is 10.0 Å². The highest BCUT2D eigenvalue weighted by molar-refractivity contribution is 4.93. The third-order valence-corrected chi connectivity index (χ3v) is 2.79. The van der Waals surface area contributed by atoms with Crippen molar-refractivity contribution < 1.29 is 0 Å². The van der Waals surface area contributed by atoms with E-state index in [9.17, 15) is 0 Å². The van der Waals surface area contributed by atoms with Gasteiger partial charge in [0.05, 0.1) is 0 Å². The highest BCUT2D eigenvalue weighted by atomic mass is 15.6. The van der Waals surface area contributed by atoms with Gasteiger partial charge < -0.3 is 0 Å². The Bertz CT molecular complexity index is 173. The van der Waals surface area contributed by atoms with Crippen molar-refractivity contribution in [2.24, 2.45) is 0 Å². The van der Waals surface area contributed by atoms with Gasteiger partial charge in [-0.3, -0.25) is 0 Å². The van der Waals surface area contributed by atoms with Gasteiger partial charge in [0, 0.05) is 26.2 Å². The highest BCUT2D eigenvalue weighted by Crippen LogP contribution is 2.20.